The van der Waals surface area contributed by atoms with E-state index in [1.165, 1.54) is 44.2 Å². The lowest BCUT2D eigenvalue weighted by Crippen LogP contribution is -2.03. The van der Waals surface area contributed by atoms with Gasteiger partial charge in [-0.15, -0.1) is 0 Å². The van der Waals surface area contributed by atoms with Crippen LogP contribution in [0, 0.1) is 55.4 Å². The Labute approximate surface area is 132 Å². The molecule has 22 heavy (non-hydrogen) atoms. The summed E-state index contributed by atoms with van der Waals surface area (Å²) in [4.78, 5) is 9.82. The summed E-state index contributed by atoms with van der Waals surface area (Å²) in [6.07, 6.45) is 0. The average Bonchev–Trinajstić information content (AvgIpc) is 2.48. The van der Waals surface area contributed by atoms with Crippen molar-refractivity contribution >= 4 is 21.8 Å². The van der Waals surface area contributed by atoms with Gasteiger partial charge in [-0.25, -0.2) is 0 Å². The Morgan fingerprint density at radius 3 is 1.05 bits per heavy atom. The van der Waals surface area contributed by atoms with Gasteiger partial charge in [0.05, 0.1) is 11.0 Å². The van der Waals surface area contributed by atoms with Gasteiger partial charge in [0.1, 0.15) is 0 Å². The van der Waals surface area contributed by atoms with Gasteiger partial charge >= 0.3 is 0 Å². The van der Waals surface area contributed by atoms with Crippen molar-refractivity contribution < 1.29 is 0 Å². The molecular weight excluding hydrogens is 268 g/mol. The highest BCUT2D eigenvalue weighted by Gasteiger charge is 2.18. The van der Waals surface area contributed by atoms with Crippen LogP contribution < -0.4 is 0 Å². The van der Waals surface area contributed by atoms with Crippen molar-refractivity contribution in [2.45, 2.75) is 55.4 Å². The molecule has 0 radical (unpaired) electrons. The molecule has 1 aromatic carbocycles. The highest BCUT2D eigenvalue weighted by atomic mass is 14.7. The summed E-state index contributed by atoms with van der Waals surface area (Å²) in [5.41, 5.74) is 12.3. The Balaban J connectivity index is 2.77. The standard InChI is InChI=1S/C20H24N2/c1-9-11(3)17-18-12(4)10(2)16(8)22-20(18)14(6)13(5)19(17)21-15(9)7/h1-8H3. The van der Waals surface area contributed by atoms with E-state index in [9.17, 15) is 0 Å². The molecule has 2 heterocycles. The van der Waals surface area contributed by atoms with Crippen molar-refractivity contribution in [3.8, 4) is 0 Å². The summed E-state index contributed by atoms with van der Waals surface area (Å²) in [5.74, 6) is 0. The largest absolute Gasteiger partial charge is 0.253 e. The van der Waals surface area contributed by atoms with Crippen molar-refractivity contribution in [2.24, 2.45) is 0 Å². The van der Waals surface area contributed by atoms with Gasteiger partial charge in [0.15, 0.2) is 0 Å². The zero-order chi connectivity index (χ0) is 16.3. The summed E-state index contributed by atoms with van der Waals surface area (Å²) < 4.78 is 0. The number of hydrogen-bond acceptors (Lipinski definition) is 2. The van der Waals surface area contributed by atoms with Crippen LogP contribution in [0.2, 0.25) is 0 Å². The van der Waals surface area contributed by atoms with E-state index in [1.807, 2.05) is 0 Å². The van der Waals surface area contributed by atoms with E-state index in [-0.39, 0.29) is 0 Å². The molecule has 0 aliphatic carbocycles. The van der Waals surface area contributed by atoms with Crippen molar-refractivity contribution in [2.75, 3.05) is 0 Å². The quantitative estimate of drug-likeness (QED) is 0.529. The highest BCUT2D eigenvalue weighted by Crippen LogP contribution is 2.37. The minimum Gasteiger partial charge on any atom is -0.253 e. The van der Waals surface area contributed by atoms with Crippen molar-refractivity contribution in [3.05, 3.63) is 44.8 Å². The second-order valence-corrected chi connectivity index (χ2v) is 6.59. The molecule has 2 nitrogen and oxygen atoms in total. The van der Waals surface area contributed by atoms with Crippen molar-refractivity contribution in [1.82, 2.24) is 9.97 Å². The van der Waals surface area contributed by atoms with Gasteiger partial charge in [-0.2, -0.15) is 0 Å². The first-order valence-electron chi connectivity index (χ1n) is 7.89. The number of nitrogens with zero attached hydrogens (tertiary/aromatic N) is 2. The summed E-state index contributed by atoms with van der Waals surface area (Å²) >= 11 is 0. The molecule has 0 amide bonds. The minimum absolute atomic E-state index is 1.13. The number of rotatable bonds is 0. The van der Waals surface area contributed by atoms with Gasteiger partial charge in [-0.3, -0.25) is 9.97 Å². The van der Waals surface area contributed by atoms with Crippen LogP contribution in [0.15, 0.2) is 0 Å². The molecule has 0 saturated carbocycles. The molecule has 0 saturated heterocycles. The third-order valence-electron chi connectivity index (χ3n) is 5.52. The Hall–Kier alpha value is -1.96. The first kappa shape index (κ1) is 15.0. The van der Waals surface area contributed by atoms with Crippen LogP contribution >= 0.6 is 0 Å². The summed E-state index contributed by atoms with van der Waals surface area (Å²) in [5, 5.41) is 2.57. The molecular formula is C20H24N2. The van der Waals surface area contributed by atoms with Gasteiger partial charge in [-0.05, 0) is 88.8 Å². The van der Waals surface area contributed by atoms with E-state index >= 15 is 0 Å². The number of pyridine rings is 2. The zero-order valence-corrected chi connectivity index (χ0v) is 14.9. The van der Waals surface area contributed by atoms with E-state index in [1.54, 1.807) is 0 Å². The van der Waals surface area contributed by atoms with E-state index in [0.717, 1.165) is 22.4 Å². The monoisotopic (exact) mass is 292 g/mol. The highest BCUT2D eigenvalue weighted by molar-refractivity contribution is 6.11. The Kier molecular flexibility index (Phi) is 3.24. The number of fused-ring (bicyclic) bond motifs is 3. The van der Waals surface area contributed by atoms with Crippen LogP contribution in [-0.4, -0.2) is 9.97 Å². The maximum Gasteiger partial charge on any atom is 0.0747 e. The molecule has 0 aliphatic heterocycles. The molecule has 0 N–H and O–H groups in total. The number of benzene rings is 1. The lowest BCUT2D eigenvalue weighted by Gasteiger charge is -2.19. The topological polar surface area (TPSA) is 25.8 Å². The molecule has 0 spiro atoms. The zero-order valence-electron chi connectivity index (χ0n) is 14.9. The molecule has 114 valence electrons. The maximum atomic E-state index is 4.91. The first-order chi connectivity index (χ1) is 10.3. The van der Waals surface area contributed by atoms with Gasteiger partial charge in [0, 0.05) is 22.2 Å². The predicted molar refractivity (Wildman–Crippen MR) is 94.9 cm³/mol. The lowest BCUT2D eigenvalue weighted by molar-refractivity contribution is 1.14. The van der Waals surface area contributed by atoms with Gasteiger partial charge in [0.25, 0.3) is 0 Å². The molecule has 3 aromatic rings. The number of hydrogen-bond donors (Lipinski definition) is 0. The Morgan fingerprint density at radius 2 is 0.727 bits per heavy atom. The third-order valence-corrected chi connectivity index (χ3v) is 5.52. The van der Waals surface area contributed by atoms with Crippen molar-refractivity contribution in [3.63, 3.8) is 0 Å². The molecule has 0 fully saturated rings. The van der Waals surface area contributed by atoms with Crippen LogP contribution in [0.1, 0.15) is 44.8 Å². The third kappa shape index (κ3) is 1.79. The molecule has 0 unspecified atom stereocenters. The van der Waals surface area contributed by atoms with Crippen LogP contribution in [0.25, 0.3) is 21.8 Å². The summed E-state index contributed by atoms with van der Waals surface area (Å²) in [7, 11) is 0. The predicted octanol–water partition coefficient (Wildman–Crippen LogP) is 5.25. The molecule has 0 bridgehead atoms. The molecule has 2 heteroatoms. The fourth-order valence-electron chi connectivity index (χ4n) is 3.40. The van der Waals surface area contributed by atoms with Crippen LogP contribution in [-0.2, 0) is 0 Å². The van der Waals surface area contributed by atoms with Gasteiger partial charge in [-0.1, -0.05) is 0 Å². The number of aryl methyl sites for hydroxylation is 6. The van der Waals surface area contributed by atoms with Crippen LogP contribution in [0.3, 0.4) is 0 Å². The number of aromatic nitrogens is 2. The fraction of sp³-hybridized carbons (Fsp3) is 0.400. The van der Waals surface area contributed by atoms with Crippen LogP contribution in [0.4, 0.5) is 0 Å². The van der Waals surface area contributed by atoms with E-state index in [0.29, 0.717) is 0 Å². The smallest absolute Gasteiger partial charge is 0.0747 e. The van der Waals surface area contributed by atoms with Crippen molar-refractivity contribution in [1.29, 1.82) is 0 Å². The molecule has 0 aliphatic rings. The molecule has 0 atom stereocenters. The maximum absolute atomic E-state index is 4.91. The molecule has 2 aromatic heterocycles. The van der Waals surface area contributed by atoms with E-state index in [2.05, 4.69) is 55.4 Å². The SMILES string of the molecule is Cc1nc2c(C)c(C)c3nc(C)c(C)c(C)c3c2c(C)c1C. The minimum atomic E-state index is 1.13. The van der Waals surface area contributed by atoms with E-state index < -0.39 is 0 Å². The second-order valence-electron chi connectivity index (χ2n) is 6.59. The summed E-state index contributed by atoms with van der Waals surface area (Å²) in [6.45, 7) is 17.3. The van der Waals surface area contributed by atoms with E-state index in [4.69, 9.17) is 9.97 Å². The van der Waals surface area contributed by atoms with Gasteiger partial charge < -0.3 is 0 Å². The normalized spacial score (nSPS) is 11.6. The first-order valence-corrected chi connectivity index (χ1v) is 7.89. The Morgan fingerprint density at radius 1 is 0.409 bits per heavy atom. The fourth-order valence-corrected chi connectivity index (χ4v) is 3.40. The second kappa shape index (κ2) is 4.77. The average molecular weight is 292 g/mol. The lowest BCUT2D eigenvalue weighted by atomic mass is 9.90. The van der Waals surface area contributed by atoms with Gasteiger partial charge in [0.2, 0.25) is 0 Å². The van der Waals surface area contributed by atoms with Crippen LogP contribution in [0.5, 0.6) is 0 Å². The Bertz CT molecular complexity index is 871. The molecule has 3 rings (SSSR count). The summed E-state index contributed by atoms with van der Waals surface area (Å²) in [6, 6.07) is 0.